The summed E-state index contributed by atoms with van der Waals surface area (Å²) < 4.78 is 31.6. The number of ether oxygens (including phenoxy) is 1. The number of oxime groups is 1. The molecule has 0 amide bonds. The molecule has 1 aromatic carbocycles. The molecule has 0 saturated heterocycles. The van der Waals surface area contributed by atoms with Gasteiger partial charge in [-0.2, -0.15) is 5.10 Å². The largest absolute Gasteiger partial charge is 0.404 e. The van der Waals surface area contributed by atoms with Gasteiger partial charge in [-0.25, -0.2) is 17.9 Å². The number of sulfone groups is 1. The zero-order chi connectivity index (χ0) is 20.7. The van der Waals surface area contributed by atoms with Crippen molar-refractivity contribution in [2.24, 2.45) is 5.16 Å². The molecule has 8 nitrogen and oxygen atoms in total. The second-order valence-corrected chi connectivity index (χ2v) is 9.63. The van der Waals surface area contributed by atoms with Crippen LogP contribution in [0.5, 0.6) is 5.88 Å². The standard InChI is InChI=1S/C19H23N3O5S/c1-12-13(18(23)27-16-8-10-20-22(16)19(2,3)4)6-7-15(28(5,24)25)17(12)14-9-11-26-21-14/h6-8,10H,9,11H2,1-5H3. The highest BCUT2D eigenvalue weighted by Gasteiger charge is 2.27. The van der Waals surface area contributed by atoms with Crippen LogP contribution in [-0.4, -0.2) is 42.7 Å². The second kappa shape index (κ2) is 7.05. The van der Waals surface area contributed by atoms with E-state index in [1.54, 1.807) is 23.9 Å². The molecule has 0 spiro atoms. The van der Waals surface area contributed by atoms with Crippen molar-refractivity contribution in [2.45, 2.75) is 44.6 Å². The third-order valence-electron chi connectivity index (χ3n) is 4.38. The van der Waals surface area contributed by atoms with E-state index in [1.807, 2.05) is 20.8 Å². The summed E-state index contributed by atoms with van der Waals surface area (Å²) in [5, 5.41) is 8.16. The van der Waals surface area contributed by atoms with E-state index in [-0.39, 0.29) is 16.0 Å². The number of esters is 1. The average Bonchev–Trinajstić information content (AvgIpc) is 3.24. The average molecular weight is 405 g/mol. The van der Waals surface area contributed by atoms with Crippen molar-refractivity contribution >= 4 is 21.5 Å². The smallest absolute Gasteiger partial charge is 0.345 e. The van der Waals surface area contributed by atoms with Crippen LogP contribution in [0.25, 0.3) is 0 Å². The fourth-order valence-electron chi connectivity index (χ4n) is 3.08. The van der Waals surface area contributed by atoms with Gasteiger partial charge < -0.3 is 9.57 Å². The fraction of sp³-hybridized carbons (Fsp3) is 0.421. The van der Waals surface area contributed by atoms with Gasteiger partial charge >= 0.3 is 5.97 Å². The molecule has 0 atom stereocenters. The molecule has 9 heteroatoms. The maximum Gasteiger partial charge on any atom is 0.345 e. The van der Waals surface area contributed by atoms with E-state index < -0.39 is 15.8 Å². The van der Waals surface area contributed by atoms with Crippen molar-refractivity contribution in [3.8, 4) is 5.88 Å². The topological polar surface area (TPSA) is 99.8 Å². The molecule has 1 aliphatic rings. The molecule has 0 bridgehead atoms. The Morgan fingerprint density at radius 1 is 1.25 bits per heavy atom. The molecule has 0 fully saturated rings. The molecule has 28 heavy (non-hydrogen) atoms. The number of carbonyl (C=O) groups excluding carboxylic acids is 1. The Hall–Kier alpha value is -2.68. The van der Waals surface area contributed by atoms with Gasteiger partial charge in [0, 0.05) is 24.3 Å². The molecule has 0 aliphatic carbocycles. The molecule has 2 heterocycles. The zero-order valence-corrected chi connectivity index (χ0v) is 17.3. The summed E-state index contributed by atoms with van der Waals surface area (Å²) in [4.78, 5) is 18.0. The van der Waals surface area contributed by atoms with E-state index in [0.29, 0.717) is 35.7 Å². The van der Waals surface area contributed by atoms with E-state index in [1.165, 1.54) is 12.1 Å². The second-order valence-electron chi connectivity index (χ2n) is 7.65. The summed E-state index contributed by atoms with van der Waals surface area (Å²) in [5.41, 5.74) is 1.29. The fourth-order valence-corrected chi connectivity index (χ4v) is 4.04. The van der Waals surface area contributed by atoms with Crippen molar-refractivity contribution in [3.63, 3.8) is 0 Å². The van der Waals surface area contributed by atoms with Gasteiger partial charge in [0.25, 0.3) is 0 Å². The number of carbonyl (C=O) groups is 1. The monoisotopic (exact) mass is 405 g/mol. The van der Waals surface area contributed by atoms with Crippen molar-refractivity contribution in [2.75, 3.05) is 12.9 Å². The van der Waals surface area contributed by atoms with Gasteiger partial charge in [-0.1, -0.05) is 5.16 Å². The first-order chi connectivity index (χ1) is 13.0. The van der Waals surface area contributed by atoms with Gasteiger partial charge in [-0.3, -0.25) is 0 Å². The molecule has 0 N–H and O–H groups in total. The third kappa shape index (κ3) is 3.80. The minimum atomic E-state index is -3.51. The maximum atomic E-state index is 12.9. The Kier molecular flexibility index (Phi) is 5.05. The van der Waals surface area contributed by atoms with E-state index >= 15 is 0 Å². The van der Waals surface area contributed by atoms with Crippen LogP contribution in [0.2, 0.25) is 0 Å². The molecule has 1 aliphatic heterocycles. The lowest BCUT2D eigenvalue weighted by Crippen LogP contribution is -2.25. The summed E-state index contributed by atoms with van der Waals surface area (Å²) in [5.74, 6) is -0.281. The predicted octanol–water partition coefficient (Wildman–Crippen LogP) is 2.69. The summed E-state index contributed by atoms with van der Waals surface area (Å²) in [6.07, 6.45) is 3.16. The summed E-state index contributed by atoms with van der Waals surface area (Å²) in [7, 11) is -3.51. The third-order valence-corrected chi connectivity index (χ3v) is 5.52. The molecular weight excluding hydrogens is 382 g/mol. The first kappa shape index (κ1) is 20.1. The highest BCUT2D eigenvalue weighted by atomic mass is 32.2. The number of nitrogens with zero attached hydrogens (tertiary/aromatic N) is 3. The van der Waals surface area contributed by atoms with E-state index in [0.717, 1.165) is 6.26 Å². The number of rotatable bonds is 4. The van der Waals surface area contributed by atoms with Crippen molar-refractivity contribution in [3.05, 3.63) is 41.1 Å². The van der Waals surface area contributed by atoms with Gasteiger partial charge in [0.2, 0.25) is 5.88 Å². The molecular formula is C19H23N3O5S. The molecule has 0 radical (unpaired) electrons. The Bertz CT molecular complexity index is 1060. The normalized spacial score (nSPS) is 14.5. The number of benzene rings is 1. The van der Waals surface area contributed by atoms with Crippen LogP contribution in [-0.2, 0) is 20.2 Å². The summed E-state index contributed by atoms with van der Waals surface area (Å²) in [6.45, 7) is 7.89. The molecule has 0 saturated carbocycles. The minimum Gasteiger partial charge on any atom is -0.404 e. The van der Waals surface area contributed by atoms with Gasteiger partial charge in [-0.05, 0) is 45.4 Å². The first-order valence-corrected chi connectivity index (χ1v) is 10.7. The first-order valence-electron chi connectivity index (χ1n) is 8.79. The lowest BCUT2D eigenvalue weighted by molar-refractivity contribution is 0.0708. The zero-order valence-electron chi connectivity index (χ0n) is 16.5. The SMILES string of the molecule is Cc1c(C(=O)Oc2ccnn2C(C)(C)C)ccc(S(C)(=O)=O)c1C1=NOCC1. The lowest BCUT2D eigenvalue weighted by atomic mass is 9.97. The molecule has 1 aromatic heterocycles. The van der Waals surface area contributed by atoms with Crippen LogP contribution in [0, 0.1) is 6.92 Å². The van der Waals surface area contributed by atoms with Crippen LogP contribution in [0.3, 0.4) is 0 Å². The van der Waals surface area contributed by atoms with Crippen LogP contribution in [0.15, 0.2) is 34.4 Å². The Morgan fingerprint density at radius 2 is 1.96 bits per heavy atom. The predicted molar refractivity (Wildman–Crippen MR) is 104 cm³/mol. The van der Waals surface area contributed by atoms with Gasteiger partial charge in [0.1, 0.15) is 6.61 Å². The van der Waals surface area contributed by atoms with Crippen LogP contribution >= 0.6 is 0 Å². The van der Waals surface area contributed by atoms with Crippen molar-refractivity contribution < 1.29 is 22.8 Å². The van der Waals surface area contributed by atoms with E-state index in [2.05, 4.69) is 10.3 Å². The molecule has 150 valence electrons. The van der Waals surface area contributed by atoms with Crippen LogP contribution in [0.1, 0.15) is 48.7 Å². The number of hydrogen-bond donors (Lipinski definition) is 0. The molecule has 2 aromatic rings. The maximum absolute atomic E-state index is 12.9. The molecule has 3 rings (SSSR count). The van der Waals surface area contributed by atoms with E-state index in [4.69, 9.17) is 9.57 Å². The minimum absolute atomic E-state index is 0.116. The Balaban J connectivity index is 2.05. The Labute approximate surface area is 164 Å². The van der Waals surface area contributed by atoms with Crippen molar-refractivity contribution in [1.82, 2.24) is 9.78 Å². The van der Waals surface area contributed by atoms with Crippen LogP contribution < -0.4 is 4.74 Å². The molecule has 0 unspecified atom stereocenters. The van der Waals surface area contributed by atoms with Gasteiger partial charge in [0.05, 0.1) is 27.9 Å². The van der Waals surface area contributed by atoms with Crippen LogP contribution in [0.4, 0.5) is 0 Å². The Morgan fingerprint density at radius 3 is 2.54 bits per heavy atom. The van der Waals surface area contributed by atoms with Gasteiger partial charge in [-0.15, -0.1) is 0 Å². The number of aromatic nitrogens is 2. The van der Waals surface area contributed by atoms with E-state index in [9.17, 15) is 13.2 Å². The highest BCUT2D eigenvalue weighted by Crippen LogP contribution is 2.28. The van der Waals surface area contributed by atoms with Crippen molar-refractivity contribution in [1.29, 1.82) is 0 Å². The highest BCUT2D eigenvalue weighted by molar-refractivity contribution is 7.90. The summed E-state index contributed by atoms with van der Waals surface area (Å²) in [6, 6.07) is 4.49. The quantitative estimate of drug-likeness (QED) is 0.725. The lowest BCUT2D eigenvalue weighted by Gasteiger charge is -2.21. The number of hydrogen-bond acceptors (Lipinski definition) is 7. The summed E-state index contributed by atoms with van der Waals surface area (Å²) >= 11 is 0. The van der Waals surface area contributed by atoms with Gasteiger partial charge in [0.15, 0.2) is 9.84 Å².